The van der Waals surface area contributed by atoms with Crippen LogP contribution in [0.1, 0.15) is 18.9 Å². The molecule has 4 N–H and O–H groups in total. The number of aromatic nitrogens is 6. The predicted molar refractivity (Wildman–Crippen MR) is 134 cm³/mol. The molecule has 0 aliphatic carbocycles. The molecular formula is C24H28N10O. The Morgan fingerprint density at radius 1 is 0.943 bits per heavy atom. The van der Waals surface area contributed by atoms with Gasteiger partial charge in [-0.2, -0.15) is 5.10 Å². The molecule has 4 aromatic rings. The Labute approximate surface area is 202 Å². The van der Waals surface area contributed by atoms with Gasteiger partial charge in [-0.3, -0.25) is 4.68 Å². The number of anilines is 3. The molecule has 11 heteroatoms. The molecular weight excluding hydrogens is 444 g/mol. The van der Waals surface area contributed by atoms with Crippen molar-refractivity contribution in [1.29, 1.82) is 0 Å². The van der Waals surface area contributed by atoms with Crippen LogP contribution in [0.25, 0.3) is 22.3 Å². The lowest BCUT2D eigenvalue weighted by Gasteiger charge is -2.33. The normalized spacial score (nSPS) is 17.3. The number of piperazine rings is 1. The molecule has 0 spiro atoms. The maximum Gasteiger partial charge on any atom is 0.225 e. The maximum absolute atomic E-state index is 10.3. The van der Waals surface area contributed by atoms with E-state index in [0.717, 1.165) is 69.3 Å². The van der Waals surface area contributed by atoms with Gasteiger partial charge in [0.25, 0.3) is 0 Å². The number of nitrogens with one attached hydrogen (secondary N) is 1. The van der Waals surface area contributed by atoms with Crippen LogP contribution in [0.2, 0.25) is 0 Å². The molecule has 2 saturated heterocycles. The Balaban J connectivity index is 1.19. The molecule has 180 valence electrons. The summed E-state index contributed by atoms with van der Waals surface area (Å²) in [6.07, 6.45) is 5.63. The van der Waals surface area contributed by atoms with E-state index < -0.39 is 0 Å². The molecule has 0 unspecified atom stereocenters. The Bertz CT molecular complexity index is 1320. The minimum absolute atomic E-state index is 0.163. The van der Waals surface area contributed by atoms with Crippen molar-refractivity contribution in [2.45, 2.75) is 18.9 Å². The molecule has 11 nitrogen and oxygen atoms in total. The second kappa shape index (κ2) is 8.99. The van der Waals surface area contributed by atoms with E-state index in [-0.39, 0.29) is 11.8 Å². The summed E-state index contributed by atoms with van der Waals surface area (Å²) in [4.78, 5) is 13.8. The number of fused-ring (bicyclic) bond motifs is 1. The molecule has 2 fully saturated rings. The first-order valence-electron chi connectivity index (χ1n) is 12.0. The molecule has 5 heterocycles. The Kier molecular flexibility index (Phi) is 5.53. The van der Waals surface area contributed by atoms with Gasteiger partial charge in [0.05, 0.1) is 35.3 Å². The van der Waals surface area contributed by atoms with Crippen LogP contribution in [-0.2, 0) is 0 Å². The fourth-order valence-corrected chi connectivity index (χ4v) is 4.93. The van der Waals surface area contributed by atoms with Gasteiger partial charge < -0.3 is 26.0 Å². The van der Waals surface area contributed by atoms with Gasteiger partial charge in [-0.25, -0.2) is 9.97 Å². The van der Waals surface area contributed by atoms with Gasteiger partial charge in [-0.1, -0.05) is 12.1 Å². The van der Waals surface area contributed by atoms with Crippen LogP contribution in [0.4, 0.5) is 17.5 Å². The third-order valence-corrected chi connectivity index (χ3v) is 6.86. The molecule has 0 amide bonds. The molecule has 6 rings (SSSR count). The fourth-order valence-electron chi connectivity index (χ4n) is 4.93. The lowest BCUT2D eigenvalue weighted by atomic mass is 10.1. The van der Waals surface area contributed by atoms with Crippen LogP contribution in [0.5, 0.6) is 5.75 Å². The first-order valence-corrected chi connectivity index (χ1v) is 12.0. The largest absolute Gasteiger partial charge is 0.507 e. The third kappa shape index (κ3) is 4.08. The van der Waals surface area contributed by atoms with E-state index in [0.29, 0.717) is 22.6 Å². The van der Waals surface area contributed by atoms with Crippen LogP contribution in [0.15, 0.2) is 42.7 Å². The van der Waals surface area contributed by atoms with Crippen LogP contribution in [0, 0.1) is 0 Å². The quantitative estimate of drug-likeness (QED) is 0.404. The zero-order chi connectivity index (χ0) is 23.8. The summed E-state index contributed by atoms with van der Waals surface area (Å²) in [5.74, 6) is 1.29. The lowest BCUT2D eigenvalue weighted by Crippen LogP contribution is -2.43. The standard InChI is InChI=1S/C24H28N10O/c25-23-22-20(13-19(29-30-22)18-3-1-2-4-21(18)35)34(31-23)16-5-9-33(10-6-16)24-27-14-17(15-28-24)32-11-7-26-8-12-32/h1-4,13-16,26,35H,5-12H2,(H2,25,31). The highest BCUT2D eigenvalue weighted by Gasteiger charge is 2.26. The van der Waals surface area contributed by atoms with Gasteiger partial charge in [-0.05, 0) is 31.0 Å². The van der Waals surface area contributed by atoms with E-state index in [1.165, 1.54) is 0 Å². The number of hydrogen-bond acceptors (Lipinski definition) is 10. The van der Waals surface area contributed by atoms with Crippen LogP contribution < -0.4 is 20.9 Å². The highest BCUT2D eigenvalue weighted by Crippen LogP contribution is 2.33. The average Bonchev–Trinajstić information content (AvgIpc) is 3.25. The summed E-state index contributed by atoms with van der Waals surface area (Å²) < 4.78 is 1.97. The first kappa shape index (κ1) is 21.5. The SMILES string of the molecule is Nc1nn(C2CCN(c3ncc(N4CCNCC4)cn3)CC2)c2cc(-c3ccccc3O)nnc12. The summed E-state index contributed by atoms with van der Waals surface area (Å²) in [5.41, 5.74) is 9.87. The van der Waals surface area contributed by atoms with E-state index in [9.17, 15) is 5.11 Å². The van der Waals surface area contributed by atoms with Crippen molar-refractivity contribution in [3.63, 3.8) is 0 Å². The predicted octanol–water partition coefficient (Wildman–Crippen LogP) is 1.82. The molecule has 1 aromatic carbocycles. The second-order valence-corrected chi connectivity index (χ2v) is 9.01. The molecule has 0 saturated carbocycles. The number of phenolic OH excluding ortho intramolecular Hbond substituents is 1. The highest BCUT2D eigenvalue weighted by atomic mass is 16.3. The monoisotopic (exact) mass is 472 g/mol. The minimum Gasteiger partial charge on any atom is -0.507 e. The molecule has 3 aromatic heterocycles. The van der Waals surface area contributed by atoms with Crippen molar-refractivity contribution in [3.8, 4) is 17.0 Å². The molecule has 0 radical (unpaired) electrons. The first-order chi connectivity index (χ1) is 17.2. The molecule has 35 heavy (non-hydrogen) atoms. The van der Waals surface area contributed by atoms with E-state index in [2.05, 4.69) is 40.4 Å². The molecule has 0 atom stereocenters. The highest BCUT2D eigenvalue weighted by molar-refractivity contribution is 5.87. The maximum atomic E-state index is 10.3. The lowest BCUT2D eigenvalue weighted by molar-refractivity contribution is 0.375. The van der Waals surface area contributed by atoms with E-state index in [4.69, 9.17) is 5.73 Å². The number of rotatable bonds is 4. The zero-order valence-corrected chi connectivity index (χ0v) is 19.4. The number of benzene rings is 1. The van der Waals surface area contributed by atoms with Crippen molar-refractivity contribution >= 4 is 28.5 Å². The molecule has 2 aliphatic heterocycles. The number of nitrogens with zero attached hydrogens (tertiary/aromatic N) is 8. The van der Waals surface area contributed by atoms with Crippen LogP contribution in [-0.4, -0.2) is 74.3 Å². The molecule has 2 aliphatic rings. The van der Waals surface area contributed by atoms with Gasteiger partial charge in [0.15, 0.2) is 11.3 Å². The van der Waals surface area contributed by atoms with Gasteiger partial charge in [-0.15, -0.1) is 10.2 Å². The number of para-hydroxylation sites is 1. The van der Waals surface area contributed by atoms with Crippen LogP contribution >= 0.6 is 0 Å². The minimum atomic E-state index is 0.163. The van der Waals surface area contributed by atoms with Crippen molar-refractivity contribution in [1.82, 2.24) is 35.3 Å². The zero-order valence-electron chi connectivity index (χ0n) is 19.4. The summed E-state index contributed by atoms with van der Waals surface area (Å²) >= 11 is 0. The molecule has 0 bridgehead atoms. The van der Waals surface area contributed by atoms with Crippen molar-refractivity contribution in [3.05, 3.63) is 42.7 Å². The second-order valence-electron chi connectivity index (χ2n) is 9.01. The Morgan fingerprint density at radius 3 is 2.43 bits per heavy atom. The van der Waals surface area contributed by atoms with Gasteiger partial charge in [0.2, 0.25) is 5.95 Å². The number of aromatic hydroxyl groups is 1. The number of nitrogens with two attached hydrogens (primary N) is 1. The smallest absolute Gasteiger partial charge is 0.225 e. The van der Waals surface area contributed by atoms with E-state index in [1.54, 1.807) is 12.1 Å². The van der Waals surface area contributed by atoms with Gasteiger partial charge >= 0.3 is 0 Å². The number of piperidine rings is 1. The summed E-state index contributed by atoms with van der Waals surface area (Å²) in [6, 6.07) is 9.18. The van der Waals surface area contributed by atoms with Crippen LogP contribution in [0.3, 0.4) is 0 Å². The van der Waals surface area contributed by atoms with Crippen molar-refractivity contribution < 1.29 is 5.11 Å². The van der Waals surface area contributed by atoms with E-state index >= 15 is 0 Å². The van der Waals surface area contributed by atoms with E-state index in [1.807, 2.05) is 35.3 Å². The van der Waals surface area contributed by atoms with Crippen molar-refractivity contribution in [2.75, 3.05) is 54.8 Å². The summed E-state index contributed by atoms with van der Waals surface area (Å²) in [6.45, 7) is 5.58. The average molecular weight is 473 g/mol. The third-order valence-electron chi connectivity index (χ3n) is 6.86. The fraction of sp³-hybridized carbons (Fsp3) is 0.375. The summed E-state index contributed by atoms with van der Waals surface area (Å²) in [7, 11) is 0. The topological polar surface area (TPSA) is 134 Å². The number of nitrogen functional groups attached to an aromatic ring is 1. The number of hydrogen-bond donors (Lipinski definition) is 3. The number of phenols is 1. The Morgan fingerprint density at radius 2 is 1.69 bits per heavy atom. The van der Waals surface area contributed by atoms with Gasteiger partial charge in [0, 0.05) is 44.8 Å². The summed E-state index contributed by atoms with van der Waals surface area (Å²) in [5, 5.41) is 26.8. The van der Waals surface area contributed by atoms with Gasteiger partial charge in [0.1, 0.15) is 5.75 Å². The van der Waals surface area contributed by atoms with Crippen molar-refractivity contribution in [2.24, 2.45) is 0 Å². The Hall–Kier alpha value is -3.99.